The molecule has 4 rings (SSSR count). The number of nitrogens with zero attached hydrogens (tertiary/aromatic N) is 2. The molecule has 1 aromatic carbocycles. The first-order chi connectivity index (χ1) is 14.5. The number of nitrogens with two attached hydrogens (primary N) is 1. The third-order valence-electron chi connectivity index (χ3n) is 5.99. The van der Waals surface area contributed by atoms with Crippen LogP contribution in [0.2, 0.25) is 0 Å². The number of nitrogens with one attached hydrogen (secondary N) is 1. The monoisotopic (exact) mass is 426 g/mol. The van der Waals surface area contributed by atoms with Crippen molar-refractivity contribution in [1.82, 2.24) is 9.80 Å². The number of hydrogen-bond acceptors (Lipinski definition) is 5. The van der Waals surface area contributed by atoms with Crippen molar-refractivity contribution in [1.29, 1.82) is 0 Å². The number of rotatable bonds is 6. The number of amides is 2. The van der Waals surface area contributed by atoms with Crippen LogP contribution >= 0.6 is 11.3 Å². The van der Waals surface area contributed by atoms with Crippen LogP contribution in [0.5, 0.6) is 0 Å². The van der Waals surface area contributed by atoms with E-state index in [9.17, 15) is 9.59 Å². The van der Waals surface area contributed by atoms with Gasteiger partial charge in [-0.05, 0) is 43.7 Å². The topological polar surface area (TPSA) is 78.7 Å². The van der Waals surface area contributed by atoms with E-state index in [1.165, 1.54) is 27.3 Å². The lowest BCUT2D eigenvalue weighted by atomic mass is 9.95. The normalized spacial score (nSPS) is 17.5. The van der Waals surface area contributed by atoms with Gasteiger partial charge in [0.1, 0.15) is 5.00 Å². The molecule has 1 fully saturated rings. The molecule has 0 spiro atoms. The summed E-state index contributed by atoms with van der Waals surface area (Å²) in [4.78, 5) is 30.5. The van der Waals surface area contributed by atoms with Gasteiger partial charge >= 0.3 is 0 Å². The number of carbonyl (C=O) groups is 2. The summed E-state index contributed by atoms with van der Waals surface area (Å²) in [6.07, 6.45) is 4.05. The van der Waals surface area contributed by atoms with Crippen molar-refractivity contribution < 1.29 is 9.59 Å². The molecule has 1 aliphatic heterocycles. The molecule has 6 nitrogen and oxygen atoms in total. The fourth-order valence-corrected chi connectivity index (χ4v) is 5.77. The van der Waals surface area contributed by atoms with Crippen molar-refractivity contribution in [2.75, 3.05) is 38.0 Å². The van der Waals surface area contributed by atoms with Crippen molar-refractivity contribution in [2.24, 2.45) is 5.73 Å². The maximum absolute atomic E-state index is 12.7. The number of primary amides is 1. The number of aryl methyl sites for hydroxylation is 2. The van der Waals surface area contributed by atoms with E-state index in [-0.39, 0.29) is 5.91 Å². The minimum atomic E-state index is -0.436. The molecular weight excluding hydrogens is 396 g/mol. The number of thiophene rings is 1. The number of carbonyl (C=O) groups excluding carboxylic acids is 2. The average Bonchev–Trinajstić information content (AvgIpc) is 3.07. The zero-order valence-corrected chi connectivity index (χ0v) is 18.4. The molecule has 1 aliphatic carbocycles. The standard InChI is InChI=1S/C23H30N4O2S/c1-16-5-4-6-17(13-16)14-26-9-11-27(12-10-26)15-20(28)25-23-21(22(24)29)18-7-2-3-8-19(18)30-23/h4-6,13H,2-3,7-12,14-15H2,1H3,(H2,24,29)(H,25,28). The summed E-state index contributed by atoms with van der Waals surface area (Å²) >= 11 is 1.52. The van der Waals surface area contributed by atoms with E-state index >= 15 is 0 Å². The Balaban J connectivity index is 1.30. The quantitative estimate of drug-likeness (QED) is 0.745. The van der Waals surface area contributed by atoms with E-state index < -0.39 is 5.91 Å². The Bertz CT molecular complexity index is 931. The second kappa shape index (κ2) is 9.29. The molecule has 1 aromatic heterocycles. The summed E-state index contributed by atoms with van der Waals surface area (Å²) in [7, 11) is 0. The van der Waals surface area contributed by atoms with Gasteiger partial charge in [0, 0.05) is 37.6 Å². The number of piperazine rings is 1. The Morgan fingerprint density at radius 2 is 1.83 bits per heavy atom. The largest absolute Gasteiger partial charge is 0.365 e. The first-order valence-electron chi connectivity index (χ1n) is 10.7. The van der Waals surface area contributed by atoms with E-state index in [0.717, 1.165) is 64.0 Å². The van der Waals surface area contributed by atoms with Crippen LogP contribution in [0.25, 0.3) is 0 Å². The summed E-state index contributed by atoms with van der Waals surface area (Å²) in [6, 6.07) is 8.63. The number of anilines is 1. The summed E-state index contributed by atoms with van der Waals surface area (Å²) in [5.41, 5.74) is 9.84. The van der Waals surface area contributed by atoms with Crippen LogP contribution in [0.1, 0.15) is 44.8 Å². The fourth-order valence-electron chi connectivity index (χ4n) is 4.46. The van der Waals surface area contributed by atoms with Crippen LogP contribution in [0.4, 0.5) is 5.00 Å². The summed E-state index contributed by atoms with van der Waals surface area (Å²) in [5.74, 6) is -0.502. The molecule has 0 bridgehead atoms. The molecule has 2 amide bonds. The van der Waals surface area contributed by atoms with Crippen LogP contribution in [-0.4, -0.2) is 54.3 Å². The second-order valence-electron chi connectivity index (χ2n) is 8.37. The third kappa shape index (κ3) is 4.91. The molecular formula is C23H30N4O2S. The summed E-state index contributed by atoms with van der Waals surface area (Å²) in [6.45, 7) is 7.03. The van der Waals surface area contributed by atoms with Gasteiger partial charge in [-0.15, -0.1) is 11.3 Å². The Hall–Kier alpha value is -2.22. The van der Waals surface area contributed by atoms with Crippen molar-refractivity contribution in [3.63, 3.8) is 0 Å². The zero-order valence-electron chi connectivity index (χ0n) is 17.6. The van der Waals surface area contributed by atoms with Crippen LogP contribution in [0.15, 0.2) is 24.3 Å². The summed E-state index contributed by atoms with van der Waals surface area (Å²) < 4.78 is 0. The van der Waals surface area contributed by atoms with Gasteiger partial charge in [0.15, 0.2) is 0 Å². The maximum atomic E-state index is 12.7. The molecule has 2 aliphatic rings. The maximum Gasteiger partial charge on any atom is 0.251 e. The highest BCUT2D eigenvalue weighted by Gasteiger charge is 2.26. The lowest BCUT2D eigenvalue weighted by Crippen LogP contribution is -2.48. The first-order valence-corrected chi connectivity index (χ1v) is 11.6. The first kappa shape index (κ1) is 21.0. The third-order valence-corrected chi connectivity index (χ3v) is 7.20. The van der Waals surface area contributed by atoms with Crippen molar-refractivity contribution in [2.45, 2.75) is 39.2 Å². The van der Waals surface area contributed by atoms with Crippen molar-refractivity contribution in [3.05, 3.63) is 51.4 Å². The van der Waals surface area contributed by atoms with Crippen LogP contribution in [-0.2, 0) is 24.2 Å². The van der Waals surface area contributed by atoms with E-state index in [4.69, 9.17) is 5.73 Å². The molecule has 7 heteroatoms. The van der Waals surface area contributed by atoms with Gasteiger partial charge in [-0.1, -0.05) is 29.8 Å². The van der Waals surface area contributed by atoms with Crippen LogP contribution in [0, 0.1) is 6.92 Å². The van der Waals surface area contributed by atoms with E-state index in [1.807, 2.05) is 0 Å². The number of fused-ring (bicyclic) bond motifs is 1. The Morgan fingerprint density at radius 1 is 1.10 bits per heavy atom. The lowest BCUT2D eigenvalue weighted by Gasteiger charge is -2.34. The van der Waals surface area contributed by atoms with E-state index in [2.05, 4.69) is 46.3 Å². The smallest absolute Gasteiger partial charge is 0.251 e. The SMILES string of the molecule is Cc1cccc(CN2CCN(CC(=O)Nc3sc4c(c3C(N)=O)CCCC4)CC2)c1. The van der Waals surface area contributed by atoms with Gasteiger partial charge in [-0.25, -0.2) is 0 Å². The zero-order chi connectivity index (χ0) is 21.1. The molecule has 3 N–H and O–H groups in total. The second-order valence-corrected chi connectivity index (χ2v) is 9.47. The molecule has 2 aromatic rings. The van der Waals surface area contributed by atoms with Gasteiger partial charge in [0.25, 0.3) is 5.91 Å². The van der Waals surface area contributed by atoms with Crippen LogP contribution < -0.4 is 11.1 Å². The summed E-state index contributed by atoms with van der Waals surface area (Å²) in [5, 5.41) is 3.61. The molecule has 0 unspecified atom stereocenters. The highest BCUT2D eigenvalue weighted by molar-refractivity contribution is 7.17. The number of hydrogen-bond donors (Lipinski definition) is 2. The lowest BCUT2D eigenvalue weighted by molar-refractivity contribution is -0.117. The van der Waals surface area contributed by atoms with Gasteiger partial charge in [0.2, 0.25) is 5.91 Å². The van der Waals surface area contributed by atoms with E-state index in [0.29, 0.717) is 17.1 Å². The minimum Gasteiger partial charge on any atom is -0.365 e. The molecule has 30 heavy (non-hydrogen) atoms. The highest BCUT2D eigenvalue weighted by Crippen LogP contribution is 2.37. The Labute approximate surface area is 182 Å². The van der Waals surface area contributed by atoms with Crippen molar-refractivity contribution >= 4 is 28.2 Å². The fraction of sp³-hybridized carbons (Fsp3) is 0.478. The predicted molar refractivity (Wildman–Crippen MR) is 121 cm³/mol. The molecule has 0 saturated carbocycles. The molecule has 1 saturated heterocycles. The molecule has 160 valence electrons. The molecule has 2 heterocycles. The van der Waals surface area contributed by atoms with E-state index in [1.54, 1.807) is 0 Å². The average molecular weight is 427 g/mol. The van der Waals surface area contributed by atoms with Crippen LogP contribution in [0.3, 0.4) is 0 Å². The van der Waals surface area contributed by atoms with Gasteiger partial charge in [-0.2, -0.15) is 0 Å². The van der Waals surface area contributed by atoms with Gasteiger partial charge in [-0.3, -0.25) is 19.4 Å². The van der Waals surface area contributed by atoms with Gasteiger partial charge in [0.05, 0.1) is 12.1 Å². The van der Waals surface area contributed by atoms with Gasteiger partial charge < -0.3 is 11.1 Å². The Morgan fingerprint density at radius 3 is 2.57 bits per heavy atom. The molecule has 0 atom stereocenters. The molecule has 0 radical (unpaired) electrons. The minimum absolute atomic E-state index is 0.0665. The predicted octanol–water partition coefficient (Wildman–Crippen LogP) is 2.79. The number of benzene rings is 1. The Kier molecular flexibility index (Phi) is 6.51. The highest BCUT2D eigenvalue weighted by atomic mass is 32.1. The van der Waals surface area contributed by atoms with Crippen molar-refractivity contribution in [3.8, 4) is 0 Å².